The molecule has 9 heteroatoms. The number of benzene rings is 2. The summed E-state index contributed by atoms with van der Waals surface area (Å²) < 4.78 is 32.0. The molecular formula is C17H13ClN4O3S. The average Bonchev–Trinajstić information content (AvgIpc) is 3.20. The van der Waals surface area contributed by atoms with E-state index >= 15 is 0 Å². The summed E-state index contributed by atoms with van der Waals surface area (Å²) in [7, 11) is -3.59. The van der Waals surface area contributed by atoms with Gasteiger partial charge in [0.1, 0.15) is 11.9 Å². The van der Waals surface area contributed by atoms with Crippen molar-refractivity contribution >= 4 is 27.5 Å². The summed E-state index contributed by atoms with van der Waals surface area (Å²) in [5, 5.41) is 4.45. The first-order chi connectivity index (χ1) is 12.5. The van der Waals surface area contributed by atoms with Crippen LogP contribution >= 0.6 is 11.6 Å². The van der Waals surface area contributed by atoms with Gasteiger partial charge in [-0.3, -0.25) is 9.71 Å². The minimum absolute atomic E-state index is 0.202. The zero-order chi connectivity index (χ0) is 18.3. The van der Waals surface area contributed by atoms with E-state index in [-0.39, 0.29) is 16.6 Å². The highest BCUT2D eigenvalue weighted by molar-refractivity contribution is 7.90. The lowest BCUT2D eigenvalue weighted by Crippen LogP contribution is -2.22. The molecule has 0 spiro atoms. The van der Waals surface area contributed by atoms with Crippen LogP contribution < -0.4 is 4.72 Å². The Hall–Kier alpha value is -2.71. The normalized spacial score (nSPS) is 17.7. The van der Waals surface area contributed by atoms with Gasteiger partial charge in [-0.25, -0.2) is 8.42 Å². The molecule has 1 aromatic heterocycles. The van der Waals surface area contributed by atoms with E-state index < -0.39 is 16.1 Å². The number of amidine groups is 1. The second-order valence-corrected chi connectivity index (χ2v) is 7.75. The molecule has 7 nitrogen and oxygen atoms in total. The van der Waals surface area contributed by atoms with Gasteiger partial charge >= 0.3 is 0 Å². The number of fused-ring (bicyclic) bond motifs is 1. The predicted octanol–water partition coefficient (Wildman–Crippen LogP) is 3.19. The lowest BCUT2D eigenvalue weighted by molar-refractivity contribution is 0.362. The van der Waals surface area contributed by atoms with E-state index in [0.29, 0.717) is 22.0 Å². The molecule has 0 saturated heterocycles. The molecule has 0 amide bonds. The van der Waals surface area contributed by atoms with Crippen LogP contribution in [0.1, 0.15) is 24.4 Å². The van der Waals surface area contributed by atoms with E-state index in [1.165, 1.54) is 6.07 Å². The van der Waals surface area contributed by atoms with Crippen LogP contribution in [0.25, 0.3) is 11.4 Å². The van der Waals surface area contributed by atoms with Gasteiger partial charge in [0.15, 0.2) is 0 Å². The molecule has 0 unspecified atom stereocenters. The smallest absolute Gasteiger partial charge is 0.263 e. The monoisotopic (exact) mass is 388 g/mol. The molecule has 1 N–H and O–H groups in total. The highest BCUT2D eigenvalue weighted by atomic mass is 35.5. The number of aliphatic imine (C=N–C) groups is 1. The zero-order valence-corrected chi connectivity index (χ0v) is 15.1. The fourth-order valence-electron chi connectivity index (χ4n) is 2.64. The molecule has 132 valence electrons. The van der Waals surface area contributed by atoms with Crippen LogP contribution in [0.4, 0.5) is 0 Å². The Morgan fingerprint density at radius 1 is 1.12 bits per heavy atom. The average molecular weight is 389 g/mol. The number of sulfonamides is 1. The van der Waals surface area contributed by atoms with Crippen LogP contribution in [0.2, 0.25) is 5.02 Å². The van der Waals surface area contributed by atoms with Crippen LogP contribution in [-0.4, -0.2) is 24.4 Å². The molecule has 0 fully saturated rings. The van der Waals surface area contributed by atoms with Gasteiger partial charge in [0.2, 0.25) is 5.82 Å². The van der Waals surface area contributed by atoms with Gasteiger partial charge in [0.25, 0.3) is 15.9 Å². The second kappa shape index (κ2) is 6.22. The van der Waals surface area contributed by atoms with E-state index in [2.05, 4.69) is 19.9 Å². The van der Waals surface area contributed by atoms with Crippen molar-refractivity contribution in [3.8, 4) is 11.4 Å². The lowest BCUT2D eigenvalue weighted by atomic mass is 10.2. The van der Waals surface area contributed by atoms with Crippen molar-refractivity contribution in [2.45, 2.75) is 17.9 Å². The maximum Gasteiger partial charge on any atom is 0.263 e. The van der Waals surface area contributed by atoms with Crippen LogP contribution in [0.5, 0.6) is 0 Å². The third kappa shape index (κ3) is 2.87. The maximum absolute atomic E-state index is 12.2. The Morgan fingerprint density at radius 2 is 1.81 bits per heavy atom. The first-order valence-electron chi connectivity index (χ1n) is 7.74. The van der Waals surface area contributed by atoms with Gasteiger partial charge in [0, 0.05) is 11.1 Å². The highest BCUT2D eigenvalue weighted by Gasteiger charge is 2.31. The quantitative estimate of drug-likeness (QED) is 0.743. The largest absolute Gasteiger partial charge is 0.337 e. The molecule has 1 aliphatic rings. The molecule has 1 atom stereocenters. The summed E-state index contributed by atoms with van der Waals surface area (Å²) in [4.78, 5) is 8.94. The van der Waals surface area contributed by atoms with E-state index in [1.807, 2.05) is 12.1 Å². The van der Waals surface area contributed by atoms with Gasteiger partial charge in [-0.15, -0.1) is 0 Å². The van der Waals surface area contributed by atoms with Gasteiger partial charge in [-0.2, -0.15) is 4.98 Å². The highest BCUT2D eigenvalue weighted by Crippen LogP contribution is 2.28. The summed E-state index contributed by atoms with van der Waals surface area (Å²) in [6.07, 6.45) is 0. The first kappa shape index (κ1) is 16.7. The SMILES string of the molecule is C[C@@H](N=C1NS(=O)(=O)c2ccccc21)c1nc(-c2ccccc2Cl)no1. The first-order valence-corrected chi connectivity index (χ1v) is 9.60. The summed E-state index contributed by atoms with van der Waals surface area (Å²) in [5.74, 6) is 0.867. The number of aromatic nitrogens is 2. The van der Waals surface area contributed by atoms with Gasteiger partial charge in [-0.1, -0.05) is 41.0 Å². The molecule has 0 radical (unpaired) electrons. The van der Waals surface area contributed by atoms with Crippen molar-refractivity contribution in [3.63, 3.8) is 0 Å². The Labute approximate surface area is 154 Å². The molecular weight excluding hydrogens is 376 g/mol. The molecule has 0 saturated carbocycles. The summed E-state index contributed by atoms with van der Waals surface area (Å²) >= 11 is 6.15. The Balaban J connectivity index is 1.67. The molecule has 1 aliphatic heterocycles. The Morgan fingerprint density at radius 3 is 2.58 bits per heavy atom. The van der Waals surface area contributed by atoms with Crippen molar-refractivity contribution in [2.75, 3.05) is 0 Å². The van der Waals surface area contributed by atoms with Crippen molar-refractivity contribution in [1.82, 2.24) is 14.9 Å². The minimum Gasteiger partial charge on any atom is -0.337 e. The summed E-state index contributed by atoms with van der Waals surface area (Å²) in [5.41, 5.74) is 1.17. The standard InChI is InChI=1S/C17H13ClN4O3S/c1-10(17-20-15(21-25-17)11-6-2-4-8-13(11)18)19-16-12-7-3-5-9-14(12)26(23,24)22-16/h2-10H,1H3,(H,19,22)/t10-/m1/s1. The van der Waals surface area contributed by atoms with Crippen LogP contribution in [0, 0.1) is 0 Å². The lowest BCUT2D eigenvalue weighted by Gasteiger charge is -2.03. The fourth-order valence-corrected chi connectivity index (χ4v) is 4.09. The molecule has 0 bridgehead atoms. The van der Waals surface area contributed by atoms with Gasteiger partial charge in [-0.05, 0) is 31.2 Å². The molecule has 3 aromatic rings. The number of halogens is 1. The number of hydrogen-bond donors (Lipinski definition) is 1. The second-order valence-electron chi connectivity index (χ2n) is 5.69. The van der Waals surface area contributed by atoms with Crippen molar-refractivity contribution < 1.29 is 12.9 Å². The molecule has 0 aliphatic carbocycles. The van der Waals surface area contributed by atoms with Crippen molar-refractivity contribution in [1.29, 1.82) is 0 Å². The zero-order valence-electron chi connectivity index (χ0n) is 13.5. The molecule has 2 heterocycles. The maximum atomic E-state index is 12.2. The van der Waals surface area contributed by atoms with Gasteiger partial charge < -0.3 is 4.52 Å². The fraction of sp³-hybridized carbons (Fsp3) is 0.118. The summed E-state index contributed by atoms with van der Waals surface area (Å²) in [6.45, 7) is 1.74. The number of hydrogen-bond acceptors (Lipinski definition) is 6. The minimum atomic E-state index is -3.59. The summed E-state index contributed by atoms with van der Waals surface area (Å²) in [6, 6.07) is 13.3. The number of nitrogens with one attached hydrogen (secondary N) is 1. The van der Waals surface area contributed by atoms with Crippen LogP contribution in [-0.2, 0) is 10.0 Å². The van der Waals surface area contributed by atoms with E-state index in [4.69, 9.17) is 16.1 Å². The van der Waals surface area contributed by atoms with E-state index in [9.17, 15) is 8.42 Å². The third-order valence-corrected chi connectivity index (χ3v) is 5.63. The van der Waals surface area contributed by atoms with Crippen LogP contribution in [0.15, 0.2) is 62.9 Å². The van der Waals surface area contributed by atoms with Crippen LogP contribution in [0.3, 0.4) is 0 Å². The van der Waals surface area contributed by atoms with Gasteiger partial charge in [0.05, 0.1) is 9.92 Å². The Kier molecular flexibility index (Phi) is 4.01. The Bertz CT molecular complexity index is 1120. The predicted molar refractivity (Wildman–Crippen MR) is 96.5 cm³/mol. The topological polar surface area (TPSA) is 97.5 Å². The molecule has 26 heavy (non-hydrogen) atoms. The molecule has 4 rings (SSSR count). The number of nitrogens with zero attached hydrogens (tertiary/aromatic N) is 3. The van der Waals surface area contributed by atoms with Crippen molar-refractivity contribution in [2.24, 2.45) is 4.99 Å². The van der Waals surface area contributed by atoms with Crippen molar-refractivity contribution in [3.05, 3.63) is 65.0 Å². The third-order valence-electron chi connectivity index (χ3n) is 3.90. The van der Waals surface area contributed by atoms with E-state index in [0.717, 1.165) is 0 Å². The number of rotatable bonds is 3. The van der Waals surface area contributed by atoms with E-state index in [1.54, 1.807) is 37.3 Å². The molecule has 2 aromatic carbocycles.